The number of benzene rings is 1. The molecule has 0 saturated heterocycles. The zero-order valence-electron chi connectivity index (χ0n) is 9.16. The first-order valence-electron chi connectivity index (χ1n) is 5.51. The minimum absolute atomic E-state index is 0.0663. The van der Waals surface area contributed by atoms with Gasteiger partial charge in [0.05, 0.1) is 0 Å². The van der Waals surface area contributed by atoms with Crippen LogP contribution in [0.1, 0.15) is 34.3 Å². The Morgan fingerprint density at radius 2 is 2.19 bits per heavy atom. The monoisotopic (exact) mass is 214 g/mol. The van der Waals surface area contributed by atoms with Crippen molar-refractivity contribution in [1.82, 2.24) is 0 Å². The van der Waals surface area contributed by atoms with Crippen LogP contribution in [0.3, 0.4) is 0 Å². The van der Waals surface area contributed by atoms with E-state index < -0.39 is 0 Å². The molecule has 0 heterocycles. The molecule has 0 bridgehead atoms. The van der Waals surface area contributed by atoms with E-state index in [1.807, 2.05) is 12.1 Å². The third-order valence-corrected chi connectivity index (χ3v) is 2.98. The second-order valence-electron chi connectivity index (χ2n) is 4.09. The number of rotatable bonds is 4. The van der Waals surface area contributed by atoms with Crippen molar-refractivity contribution < 1.29 is 9.59 Å². The van der Waals surface area contributed by atoms with Crippen molar-refractivity contribution >= 4 is 11.6 Å². The molecule has 0 fully saturated rings. The van der Waals surface area contributed by atoms with Gasteiger partial charge in [-0.05, 0) is 30.0 Å². The van der Waals surface area contributed by atoms with Gasteiger partial charge in [0.1, 0.15) is 0 Å². The first-order chi connectivity index (χ1) is 7.70. The topological polar surface area (TPSA) is 34.1 Å². The number of fused-ring (bicyclic) bond motifs is 1. The van der Waals surface area contributed by atoms with Gasteiger partial charge in [-0.1, -0.05) is 24.8 Å². The molecule has 1 aliphatic carbocycles. The van der Waals surface area contributed by atoms with Gasteiger partial charge in [-0.3, -0.25) is 9.59 Å². The molecule has 1 aliphatic rings. The molecular weight excluding hydrogens is 200 g/mol. The van der Waals surface area contributed by atoms with Crippen LogP contribution >= 0.6 is 0 Å². The smallest absolute Gasteiger partial charge is 0.163 e. The Hall–Kier alpha value is -1.70. The van der Waals surface area contributed by atoms with E-state index >= 15 is 0 Å². The molecular formula is C14H14O2. The predicted octanol–water partition coefficient (Wildman–Crippen LogP) is 2.50. The first kappa shape index (κ1) is 10.8. The molecule has 0 atom stereocenters. The summed E-state index contributed by atoms with van der Waals surface area (Å²) in [5, 5.41) is 0. The Morgan fingerprint density at radius 1 is 1.38 bits per heavy atom. The van der Waals surface area contributed by atoms with Gasteiger partial charge in [-0.2, -0.15) is 0 Å². The van der Waals surface area contributed by atoms with Crippen molar-refractivity contribution in [3.8, 4) is 0 Å². The Bertz CT molecular complexity index is 458. The highest BCUT2D eigenvalue weighted by atomic mass is 16.1. The van der Waals surface area contributed by atoms with Crippen molar-refractivity contribution in [2.24, 2.45) is 0 Å². The highest BCUT2D eigenvalue weighted by Gasteiger charge is 2.18. The average Bonchev–Trinajstić information content (AvgIpc) is 2.67. The second kappa shape index (κ2) is 4.44. The van der Waals surface area contributed by atoms with Crippen molar-refractivity contribution in [2.75, 3.05) is 0 Å². The van der Waals surface area contributed by atoms with Crippen molar-refractivity contribution in [1.29, 1.82) is 0 Å². The van der Waals surface area contributed by atoms with E-state index in [1.165, 1.54) is 6.08 Å². The first-order valence-corrected chi connectivity index (χ1v) is 5.51. The van der Waals surface area contributed by atoms with Crippen LogP contribution in [0.5, 0.6) is 0 Å². The summed E-state index contributed by atoms with van der Waals surface area (Å²) in [5.41, 5.74) is 3.12. The quantitative estimate of drug-likeness (QED) is 0.722. The molecule has 0 saturated carbocycles. The fourth-order valence-electron chi connectivity index (χ4n) is 2.03. The van der Waals surface area contributed by atoms with E-state index in [-0.39, 0.29) is 11.6 Å². The lowest BCUT2D eigenvalue weighted by atomic mass is 10.0. The molecule has 16 heavy (non-hydrogen) atoms. The van der Waals surface area contributed by atoms with Crippen LogP contribution in [0.15, 0.2) is 30.9 Å². The number of aryl methyl sites for hydroxylation is 2. The molecule has 0 spiro atoms. The number of allylic oxidation sites excluding steroid dienone is 1. The lowest BCUT2D eigenvalue weighted by Crippen LogP contribution is -1.97. The van der Waals surface area contributed by atoms with Crippen LogP contribution in [0.25, 0.3) is 0 Å². The fourth-order valence-corrected chi connectivity index (χ4v) is 2.03. The molecule has 0 unspecified atom stereocenters. The molecule has 0 N–H and O–H groups in total. The molecule has 2 heteroatoms. The number of hydrogen-bond donors (Lipinski definition) is 0. The Balaban J connectivity index is 2.10. The summed E-state index contributed by atoms with van der Waals surface area (Å²) in [5.74, 6) is 0.306. The summed E-state index contributed by atoms with van der Waals surface area (Å²) in [6, 6.07) is 5.88. The SMILES string of the molecule is C=CC(=O)CCc1ccc2c(c1)CCC2=O. The standard InChI is InChI=1S/C14H14O2/c1-2-12(15)6-3-10-4-7-13-11(9-10)5-8-14(13)16/h2,4,7,9H,1,3,5-6,8H2. The van der Waals surface area contributed by atoms with E-state index in [0.717, 1.165) is 29.5 Å². The van der Waals surface area contributed by atoms with Gasteiger partial charge in [0.15, 0.2) is 11.6 Å². The van der Waals surface area contributed by atoms with Crippen LogP contribution in [-0.4, -0.2) is 11.6 Å². The third-order valence-electron chi connectivity index (χ3n) is 2.98. The maximum atomic E-state index is 11.4. The van der Waals surface area contributed by atoms with E-state index in [0.29, 0.717) is 12.8 Å². The lowest BCUT2D eigenvalue weighted by molar-refractivity contribution is -0.114. The molecule has 0 aromatic heterocycles. The molecule has 0 amide bonds. The van der Waals surface area contributed by atoms with Crippen molar-refractivity contribution in [3.05, 3.63) is 47.5 Å². The molecule has 2 nitrogen and oxygen atoms in total. The van der Waals surface area contributed by atoms with Crippen molar-refractivity contribution in [2.45, 2.75) is 25.7 Å². The van der Waals surface area contributed by atoms with E-state index in [4.69, 9.17) is 0 Å². The number of carbonyl (C=O) groups is 2. The molecule has 1 aromatic rings. The number of Topliss-reactive ketones (excluding diaryl/α,β-unsaturated/α-hetero) is 1. The molecule has 1 aromatic carbocycles. The zero-order valence-corrected chi connectivity index (χ0v) is 9.16. The van der Waals surface area contributed by atoms with Gasteiger partial charge in [-0.15, -0.1) is 0 Å². The Kier molecular flexibility index (Phi) is 3.00. The molecule has 0 aliphatic heterocycles. The summed E-state index contributed by atoms with van der Waals surface area (Å²) in [6.45, 7) is 3.45. The average molecular weight is 214 g/mol. The van der Waals surface area contributed by atoms with Gasteiger partial charge in [0, 0.05) is 18.4 Å². The maximum absolute atomic E-state index is 11.4. The summed E-state index contributed by atoms with van der Waals surface area (Å²) in [7, 11) is 0. The van der Waals surface area contributed by atoms with Crippen LogP contribution in [0, 0.1) is 0 Å². The van der Waals surface area contributed by atoms with Crippen LogP contribution in [-0.2, 0) is 17.6 Å². The summed E-state index contributed by atoms with van der Waals surface area (Å²) in [6.07, 6.45) is 4.06. The maximum Gasteiger partial charge on any atom is 0.163 e. The second-order valence-corrected chi connectivity index (χ2v) is 4.09. The van der Waals surface area contributed by atoms with Crippen LogP contribution in [0.4, 0.5) is 0 Å². The lowest BCUT2D eigenvalue weighted by Gasteiger charge is -2.02. The van der Waals surface area contributed by atoms with Gasteiger partial charge >= 0.3 is 0 Å². The van der Waals surface area contributed by atoms with E-state index in [2.05, 4.69) is 12.6 Å². The zero-order chi connectivity index (χ0) is 11.5. The van der Waals surface area contributed by atoms with Gasteiger partial charge in [0.2, 0.25) is 0 Å². The summed E-state index contributed by atoms with van der Waals surface area (Å²) in [4.78, 5) is 22.5. The molecule has 82 valence electrons. The number of hydrogen-bond acceptors (Lipinski definition) is 2. The predicted molar refractivity (Wildman–Crippen MR) is 62.6 cm³/mol. The fraction of sp³-hybridized carbons (Fsp3) is 0.286. The highest BCUT2D eigenvalue weighted by molar-refractivity contribution is 6.00. The molecule has 2 rings (SSSR count). The van der Waals surface area contributed by atoms with Gasteiger partial charge in [0.25, 0.3) is 0 Å². The van der Waals surface area contributed by atoms with Crippen LogP contribution < -0.4 is 0 Å². The Morgan fingerprint density at radius 3 is 2.94 bits per heavy atom. The third kappa shape index (κ3) is 2.11. The Labute approximate surface area is 95.0 Å². The summed E-state index contributed by atoms with van der Waals surface area (Å²) < 4.78 is 0. The normalized spacial score (nSPS) is 13.6. The van der Waals surface area contributed by atoms with E-state index in [9.17, 15) is 9.59 Å². The summed E-state index contributed by atoms with van der Waals surface area (Å²) >= 11 is 0. The van der Waals surface area contributed by atoms with Crippen LogP contribution in [0.2, 0.25) is 0 Å². The molecule has 0 radical (unpaired) electrons. The minimum atomic E-state index is 0.0663. The van der Waals surface area contributed by atoms with Gasteiger partial charge in [-0.25, -0.2) is 0 Å². The number of carbonyl (C=O) groups excluding carboxylic acids is 2. The largest absolute Gasteiger partial charge is 0.295 e. The number of ketones is 2. The van der Waals surface area contributed by atoms with E-state index in [1.54, 1.807) is 0 Å². The van der Waals surface area contributed by atoms with Gasteiger partial charge < -0.3 is 0 Å². The minimum Gasteiger partial charge on any atom is -0.295 e. The van der Waals surface area contributed by atoms with Crippen molar-refractivity contribution in [3.63, 3.8) is 0 Å². The highest BCUT2D eigenvalue weighted by Crippen LogP contribution is 2.23.